The number of rotatable bonds is 2. The molecule has 2 rings (SSSR count). The molecule has 0 amide bonds. The highest BCUT2D eigenvalue weighted by Crippen LogP contribution is 2.59. The van der Waals surface area contributed by atoms with E-state index in [4.69, 9.17) is 0 Å². The third-order valence-corrected chi connectivity index (χ3v) is 6.86. The van der Waals surface area contributed by atoms with Gasteiger partial charge in [-0.1, -0.05) is 56.2 Å². The zero-order valence-electron chi connectivity index (χ0n) is 10.4. The molecule has 0 aromatic carbocycles. The number of fused-ring (bicyclic) bond motifs is 1. The maximum atomic E-state index is 2.60. The van der Waals surface area contributed by atoms with Gasteiger partial charge in [0.2, 0.25) is 0 Å². The van der Waals surface area contributed by atoms with Crippen molar-refractivity contribution in [1.29, 1.82) is 0 Å². The van der Waals surface area contributed by atoms with Gasteiger partial charge in [-0.3, -0.25) is 0 Å². The standard InChI is InChI=1S/C14H25I/c1-10-5-4-8-14(3)12(10)6-7-13(14)11(2)9-15/h10-13H,4-9H2,1-3H3/t10-,11+,12-,13?,14-/m0/s1. The quantitative estimate of drug-likeness (QED) is 0.501. The summed E-state index contributed by atoms with van der Waals surface area (Å²) in [6, 6.07) is 0. The topological polar surface area (TPSA) is 0 Å². The lowest BCUT2D eigenvalue weighted by Crippen LogP contribution is -2.38. The Balaban J connectivity index is 2.17. The van der Waals surface area contributed by atoms with E-state index in [0.717, 1.165) is 23.7 Å². The minimum absolute atomic E-state index is 0.697. The summed E-state index contributed by atoms with van der Waals surface area (Å²) in [5.41, 5.74) is 0.697. The predicted molar refractivity (Wildman–Crippen MR) is 75.4 cm³/mol. The Morgan fingerprint density at radius 3 is 2.73 bits per heavy atom. The van der Waals surface area contributed by atoms with Crippen LogP contribution in [0.2, 0.25) is 0 Å². The molecule has 2 aliphatic rings. The zero-order valence-corrected chi connectivity index (χ0v) is 12.6. The van der Waals surface area contributed by atoms with E-state index in [9.17, 15) is 0 Å². The summed E-state index contributed by atoms with van der Waals surface area (Å²) in [5.74, 6) is 3.99. The lowest BCUT2D eigenvalue weighted by atomic mass is 9.60. The van der Waals surface area contributed by atoms with Crippen molar-refractivity contribution in [2.24, 2.45) is 29.1 Å². The third kappa shape index (κ3) is 1.98. The minimum Gasteiger partial charge on any atom is -0.0861 e. The van der Waals surface area contributed by atoms with Gasteiger partial charge in [-0.2, -0.15) is 0 Å². The average Bonchev–Trinajstić information content (AvgIpc) is 2.56. The maximum absolute atomic E-state index is 2.60. The molecular formula is C14H25I. The molecular weight excluding hydrogens is 295 g/mol. The fraction of sp³-hybridized carbons (Fsp3) is 1.00. The highest BCUT2D eigenvalue weighted by atomic mass is 127. The molecule has 0 spiro atoms. The van der Waals surface area contributed by atoms with Crippen LogP contribution in [0.25, 0.3) is 0 Å². The van der Waals surface area contributed by atoms with E-state index >= 15 is 0 Å². The van der Waals surface area contributed by atoms with Crippen molar-refractivity contribution in [3.63, 3.8) is 0 Å². The Bertz CT molecular complexity index is 225. The van der Waals surface area contributed by atoms with Crippen LogP contribution < -0.4 is 0 Å². The second kappa shape index (κ2) is 4.54. The Labute approximate surface area is 109 Å². The predicted octanol–water partition coefficient (Wildman–Crippen LogP) is 4.91. The summed E-state index contributed by atoms with van der Waals surface area (Å²) in [6.07, 6.45) is 7.51. The van der Waals surface area contributed by atoms with Gasteiger partial charge in [-0.25, -0.2) is 0 Å². The van der Waals surface area contributed by atoms with Gasteiger partial charge in [0.25, 0.3) is 0 Å². The highest BCUT2D eigenvalue weighted by molar-refractivity contribution is 14.1. The Morgan fingerprint density at radius 2 is 2.07 bits per heavy atom. The molecule has 1 heteroatoms. The van der Waals surface area contributed by atoms with Crippen LogP contribution in [-0.4, -0.2) is 4.43 Å². The lowest BCUT2D eigenvalue weighted by Gasteiger charge is -2.45. The molecule has 2 fully saturated rings. The second-order valence-corrected chi connectivity index (χ2v) is 7.18. The van der Waals surface area contributed by atoms with Gasteiger partial charge in [-0.05, 0) is 48.3 Å². The molecule has 88 valence electrons. The van der Waals surface area contributed by atoms with Crippen molar-refractivity contribution in [3.05, 3.63) is 0 Å². The molecule has 0 radical (unpaired) electrons. The van der Waals surface area contributed by atoms with E-state index in [-0.39, 0.29) is 0 Å². The largest absolute Gasteiger partial charge is 0.0861 e. The molecule has 2 saturated carbocycles. The first-order valence-corrected chi connectivity index (χ1v) is 8.18. The van der Waals surface area contributed by atoms with Crippen LogP contribution in [-0.2, 0) is 0 Å². The summed E-state index contributed by atoms with van der Waals surface area (Å²) in [4.78, 5) is 0. The third-order valence-electron chi connectivity index (χ3n) is 5.47. The molecule has 0 nitrogen and oxygen atoms in total. The average molecular weight is 320 g/mol. The molecule has 1 unspecified atom stereocenters. The molecule has 0 heterocycles. The van der Waals surface area contributed by atoms with Gasteiger partial charge in [0.15, 0.2) is 0 Å². The fourth-order valence-electron chi connectivity index (χ4n) is 4.65. The smallest absolute Gasteiger partial charge is 0.00239 e. The number of alkyl halides is 1. The number of halogens is 1. The van der Waals surface area contributed by atoms with E-state index in [1.54, 1.807) is 0 Å². The van der Waals surface area contributed by atoms with Crippen molar-refractivity contribution in [1.82, 2.24) is 0 Å². The zero-order chi connectivity index (χ0) is 11.1. The number of hydrogen-bond donors (Lipinski definition) is 0. The SMILES string of the molecule is C[C@H](CI)C1CC[C@H]2[C@@H](C)CCC[C@]12C. The normalized spacial score (nSPS) is 47.6. The van der Waals surface area contributed by atoms with Crippen LogP contribution >= 0.6 is 22.6 Å². The van der Waals surface area contributed by atoms with Crippen LogP contribution in [0.4, 0.5) is 0 Å². The lowest BCUT2D eigenvalue weighted by molar-refractivity contribution is 0.0418. The molecule has 0 aliphatic heterocycles. The first kappa shape index (κ1) is 12.2. The molecule has 0 saturated heterocycles. The minimum atomic E-state index is 0.697. The second-order valence-electron chi connectivity index (χ2n) is 6.30. The van der Waals surface area contributed by atoms with Gasteiger partial charge < -0.3 is 0 Å². The molecule has 5 atom stereocenters. The van der Waals surface area contributed by atoms with E-state index < -0.39 is 0 Å². The van der Waals surface area contributed by atoms with Crippen molar-refractivity contribution in [3.8, 4) is 0 Å². The molecule has 2 aliphatic carbocycles. The molecule has 15 heavy (non-hydrogen) atoms. The Hall–Kier alpha value is 0.730. The Kier molecular flexibility index (Phi) is 3.69. The van der Waals surface area contributed by atoms with Gasteiger partial charge in [0.1, 0.15) is 0 Å². The van der Waals surface area contributed by atoms with E-state index in [1.807, 2.05) is 0 Å². The highest BCUT2D eigenvalue weighted by Gasteiger charge is 2.50. The summed E-state index contributed by atoms with van der Waals surface area (Å²) < 4.78 is 1.35. The summed E-state index contributed by atoms with van der Waals surface area (Å²) in [7, 11) is 0. The van der Waals surface area contributed by atoms with Gasteiger partial charge in [0.05, 0.1) is 0 Å². The fourth-order valence-corrected chi connectivity index (χ4v) is 5.26. The van der Waals surface area contributed by atoms with Crippen LogP contribution in [0.5, 0.6) is 0 Å². The van der Waals surface area contributed by atoms with E-state index in [0.29, 0.717) is 5.41 Å². The molecule has 0 aromatic heterocycles. The van der Waals surface area contributed by atoms with Crippen molar-refractivity contribution in [2.45, 2.75) is 52.9 Å². The van der Waals surface area contributed by atoms with Crippen LogP contribution in [0.1, 0.15) is 52.9 Å². The summed E-state index contributed by atoms with van der Waals surface area (Å²) in [6.45, 7) is 7.58. The van der Waals surface area contributed by atoms with Gasteiger partial charge in [-0.15, -0.1) is 0 Å². The van der Waals surface area contributed by atoms with Gasteiger partial charge in [0, 0.05) is 4.43 Å². The maximum Gasteiger partial charge on any atom is 0.00239 e. The van der Waals surface area contributed by atoms with Crippen molar-refractivity contribution in [2.75, 3.05) is 4.43 Å². The summed E-state index contributed by atoms with van der Waals surface area (Å²) >= 11 is 2.58. The first-order valence-electron chi connectivity index (χ1n) is 6.65. The van der Waals surface area contributed by atoms with E-state index in [1.165, 1.54) is 36.5 Å². The van der Waals surface area contributed by atoms with Crippen LogP contribution in [0.3, 0.4) is 0 Å². The molecule has 0 N–H and O–H groups in total. The van der Waals surface area contributed by atoms with Gasteiger partial charge >= 0.3 is 0 Å². The number of hydrogen-bond acceptors (Lipinski definition) is 0. The van der Waals surface area contributed by atoms with Crippen LogP contribution in [0, 0.1) is 29.1 Å². The monoisotopic (exact) mass is 320 g/mol. The van der Waals surface area contributed by atoms with E-state index in [2.05, 4.69) is 43.4 Å². The summed E-state index contributed by atoms with van der Waals surface area (Å²) in [5, 5.41) is 0. The van der Waals surface area contributed by atoms with Crippen molar-refractivity contribution >= 4 is 22.6 Å². The molecule has 0 aromatic rings. The first-order chi connectivity index (χ1) is 7.09. The van der Waals surface area contributed by atoms with Crippen LogP contribution in [0.15, 0.2) is 0 Å². The van der Waals surface area contributed by atoms with Crippen molar-refractivity contribution < 1.29 is 0 Å². The Morgan fingerprint density at radius 1 is 1.33 bits per heavy atom. The molecule has 0 bridgehead atoms.